The number of halogens is 1. The highest BCUT2D eigenvalue weighted by molar-refractivity contribution is 5.89. The van der Waals surface area contributed by atoms with Crippen LogP contribution in [0.3, 0.4) is 0 Å². The molecule has 3 heteroatoms. The lowest BCUT2D eigenvalue weighted by atomic mass is 9.47. The minimum Gasteiger partial charge on any atom is -0.458 e. The van der Waals surface area contributed by atoms with Crippen LogP contribution in [0, 0.1) is 52.2 Å². The van der Waals surface area contributed by atoms with Crippen molar-refractivity contribution in [3.05, 3.63) is 47.3 Å². The summed E-state index contributed by atoms with van der Waals surface area (Å²) in [6.45, 7) is 12.5. The second-order valence-corrected chi connectivity index (χ2v) is 14.1. The van der Waals surface area contributed by atoms with Gasteiger partial charge >= 0.3 is 5.97 Å². The molecule has 0 saturated heterocycles. The highest BCUT2D eigenvalue weighted by Gasteiger charge is 2.59. The predicted octanol–water partition coefficient (Wildman–Crippen LogP) is 9.39. The summed E-state index contributed by atoms with van der Waals surface area (Å²) < 4.78 is 19.2. The Hall–Kier alpha value is -1.64. The van der Waals surface area contributed by atoms with Gasteiger partial charge in [-0.05, 0) is 116 Å². The zero-order valence-corrected chi connectivity index (χ0v) is 23.9. The monoisotopic (exact) mass is 508 g/mol. The number of ether oxygens (including phenoxy) is 1. The molecule has 0 aliphatic heterocycles. The largest absolute Gasteiger partial charge is 0.458 e. The SMILES string of the molecule is CC(C)CCC[C@@H](C)[C@H]1CC[C@H]2C3CC=C4C[C@@H](OC(=O)c5ccc(F)cc5)CC[C@]4(C)[C@H]3CC[C@]12C. The Morgan fingerprint density at radius 1 is 1.00 bits per heavy atom. The molecule has 4 aliphatic rings. The fraction of sp³-hybridized carbons (Fsp3) is 0.735. The third-order valence-electron chi connectivity index (χ3n) is 11.6. The summed E-state index contributed by atoms with van der Waals surface area (Å²) >= 11 is 0. The first-order chi connectivity index (χ1) is 17.6. The number of hydrogen-bond donors (Lipinski definition) is 0. The van der Waals surface area contributed by atoms with Crippen LogP contribution in [-0.2, 0) is 4.74 Å². The molecule has 5 rings (SSSR count). The first-order valence-electron chi connectivity index (χ1n) is 15.3. The van der Waals surface area contributed by atoms with E-state index in [0.717, 1.165) is 54.8 Å². The van der Waals surface area contributed by atoms with Crippen LogP contribution in [0.25, 0.3) is 0 Å². The molecule has 3 fully saturated rings. The van der Waals surface area contributed by atoms with E-state index in [9.17, 15) is 9.18 Å². The highest BCUT2D eigenvalue weighted by Crippen LogP contribution is 2.67. The molecule has 4 aliphatic carbocycles. The van der Waals surface area contributed by atoms with E-state index in [1.54, 1.807) is 0 Å². The van der Waals surface area contributed by atoms with Gasteiger partial charge in [-0.3, -0.25) is 0 Å². The van der Waals surface area contributed by atoms with Crippen LogP contribution in [0.5, 0.6) is 0 Å². The van der Waals surface area contributed by atoms with Crippen LogP contribution in [0.4, 0.5) is 4.39 Å². The summed E-state index contributed by atoms with van der Waals surface area (Å²) in [5.41, 5.74) is 2.75. The van der Waals surface area contributed by atoms with Crippen molar-refractivity contribution in [2.75, 3.05) is 0 Å². The van der Waals surface area contributed by atoms with Crippen molar-refractivity contribution in [1.82, 2.24) is 0 Å². The Labute approximate surface area is 224 Å². The van der Waals surface area contributed by atoms with Gasteiger partial charge in [0.25, 0.3) is 0 Å². The lowest BCUT2D eigenvalue weighted by molar-refractivity contribution is -0.0594. The zero-order valence-electron chi connectivity index (χ0n) is 23.9. The molecule has 8 atom stereocenters. The Morgan fingerprint density at radius 2 is 1.76 bits per heavy atom. The molecule has 3 saturated carbocycles. The molecule has 0 radical (unpaired) electrons. The van der Waals surface area contributed by atoms with Gasteiger partial charge in [-0.1, -0.05) is 65.5 Å². The van der Waals surface area contributed by atoms with Crippen molar-refractivity contribution in [1.29, 1.82) is 0 Å². The quantitative estimate of drug-likeness (QED) is 0.271. The smallest absolute Gasteiger partial charge is 0.338 e. The second-order valence-electron chi connectivity index (χ2n) is 14.1. The van der Waals surface area contributed by atoms with Gasteiger partial charge in [-0.2, -0.15) is 0 Å². The van der Waals surface area contributed by atoms with Crippen molar-refractivity contribution >= 4 is 5.97 Å². The second kappa shape index (κ2) is 10.5. The van der Waals surface area contributed by atoms with E-state index in [2.05, 4.69) is 40.7 Å². The molecule has 1 aromatic carbocycles. The number of allylic oxidation sites excluding steroid dienone is 1. The van der Waals surface area contributed by atoms with Crippen LogP contribution in [0.15, 0.2) is 35.9 Å². The first-order valence-corrected chi connectivity index (χ1v) is 15.3. The van der Waals surface area contributed by atoms with Crippen molar-refractivity contribution in [2.45, 2.75) is 111 Å². The van der Waals surface area contributed by atoms with E-state index in [1.807, 2.05) is 0 Å². The van der Waals surface area contributed by atoms with Gasteiger partial charge in [0, 0.05) is 6.42 Å². The average molecular weight is 509 g/mol. The van der Waals surface area contributed by atoms with Crippen LogP contribution in [0.2, 0.25) is 0 Å². The Balaban J connectivity index is 1.25. The highest BCUT2D eigenvalue weighted by atomic mass is 19.1. The van der Waals surface area contributed by atoms with Crippen LogP contribution in [0.1, 0.15) is 116 Å². The number of fused-ring (bicyclic) bond motifs is 5. The molecule has 0 bridgehead atoms. The lowest BCUT2D eigenvalue weighted by Crippen LogP contribution is -2.51. The summed E-state index contributed by atoms with van der Waals surface area (Å²) in [6, 6.07) is 5.70. The molecule has 0 amide bonds. The Bertz CT molecular complexity index is 996. The van der Waals surface area contributed by atoms with Gasteiger partial charge < -0.3 is 4.74 Å². The van der Waals surface area contributed by atoms with Gasteiger partial charge in [-0.15, -0.1) is 0 Å². The normalized spacial score (nSPS) is 37.8. The number of rotatable bonds is 7. The van der Waals surface area contributed by atoms with Gasteiger partial charge in [0.15, 0.2) is 0 Å². The maximum atomic E-state index is 13.3. The maximum absolute atomic E-state index is 13.3. The molecule has 0 spiro atoms. The van der Waals surface area contributed by atoms with E-state index in [0.29, 0.717) is 11.0 Å². The molecule has 0 aromatic heterocycles. The fourth-order valence-electron chi connectivity index (χ4n) is 9.56. The molecular formula is C34H49FO2. The minimum absolute atomic E-state index is 0.0650. The van der Waals surface area contributed by atoms with Crippen molar-refractivity contribution < 1.29 is 13.9 Å². The zero-order chi connectivity index (χ0) is 26.4. The first kappa shape index (κ1) is 26.9. The Kier molecular flexibility index (Phi) is 7.64. The van der Waals surface area contributed by atoms with Crippen molar-refractivity contribution in [2.24, 2.45) is 46.3 Å². The number of benzene rings is 1. The fourth-order valence-corrected chi connectivity index (χ4v) is 9.56. The van der Waals surface area contributed by atoms with Crippen molar-refractivity contribution in [3.8, 4) is 0 Å². The van der Waals surface area contributed by atoms with Gasteiger partial charge in [0.2, 0.25) is 0 Å². The predicted molar refractivity (Wildman–Crippen MR) is 149 cm³/mol. The molecule has 2 nitrogen and oxygen atoms in total. The third-order valence-corrected chi connectivity index (χ3v) is 11.6. The number of carbonyl (C=O) groups excluding carboxylic acids is 1. The standard InChI is InChI=1S/C34H49FO2/c1-22(2)7-6-8-23(3)29-15-16-30-28-14-11-25-21-27(37-32(36)24-9-12-26(35)13-10-24)17-19-33(25,4)31(28)18-20-34(29,30)5/h9-13,22-23,27-31H,6-8,14-21H2,1-5H3/t23-,27+,28?,29-,30+,31+,33+,34-/m1/s1. The summed E-state index contributed by atoms with van der Waals surface area (Å²) in [6.07, 6.45) is 16.4. The number of esters is 1. The molecule has 0 heterocycles. The van der Waals surface area contributed by atoms with E-state index >= 15 is 0 Å². The summed E-state index contributed by atoms with van der Waals surface area (Å²) in [4.78, 5) is 12.7. The molecule has 1 aromatic rings. The molecular weight excluding hydrogens is 459 g/mol. The van der Waals surface area contributed by atoms with Gasteiger partial charge in [0.05, 0.1) is 5.56 Å². The van der Waals surface area contributed by atoms with Crippen LogP contribution in [-0.4, -0.2) is 12.1 Å². The van der Waals surface area contributed by atoms with Crippen molar-refractivity contribution in [3.63, 3.8) is 0 Å². The van der Waals surface area contributed by atoms with Crippen LogP contribution < -0.4 is 0 Å². The van der Waals surface area contributed by atoms with Crippen LogP contribution >= 0.6 is 0 Å². The van der Waals surface area contributed by atoms with E-state index in [-0.39, 0.29) is 23.3 Å². The van der Waals surface area contributed by atoms with E-state index in [1.165, 1.54) is 81.2 Å². The third kappa shape index (κ3) is 5.06. The van der Waals surface area contributed by atoms with E-state index < -0.39 is 0 Å². The average Bonchev–Trinajstić information content (AvgIpc) is 3.21. The molecule has 1 unspecified atom stereocenters. The minimum atomic E-state index is -0.329. The molecule has 0 N–H and O–H groups in total. The van der Waals surface area contributed by atoms with Gasteiger partial charge in [-0.25, -0.2) is 9.18 Å². The summed E-state index contributed by atoms with van der Waals surface area (Å²) in [7, 11) is 0. The number of carbonyl (C=O) groups is 1. The summed E-state index contributed by atoms with van der Waals surface area (Å²) in [5.74, 6) is 4.37. The topological polar surface area (TPSA) is 26.3 Å². The maximum Gasteiger partial charge on any atom is 0.338 e. The number of hydrogen-bond acceptors (Lipinski definition) is 2. The molecule has 37 heavy (non-hydrogen) atoms. The van der Waals surface area contributed by atoms with Gasteiger partial charge in [0.1, 0.15) is 11.9 Å². The van der Waals surface area contributed by atoms with E-state index in [4.69, 9.17) is 4.74 Å². The lowest BCUT2D eigenvalue weighted by Gasteiger charge is -2.58. The molecule has 204 valence electrons. The Morgan fingerprint density at radius 3 is 2.49 bits per heavy atom. The summed E-state index contributed by atoms with van der Waals surface area (Å²) in [5, 5.41) is 0.